The van der Waals surface area contributed by atoms with Gasteiger partial charge in [-0.2, -0.15) is 0 Å². The Morgan fingerprint density at radius 2 is 1.94 bits per heavy atom. The van der Waals surface area contributed by atoms with E-state index in [2.05, 4.69) is 56.0 Å². The summed E-state index contributed by atoms with van der Waals surface area (Å²) in [7, 11) is 0. The predicted octanol–water partition coefficient (Wildman–Crippen LogP) is 2.48. The molecule has 2 aliphatic heterocycles. The monoisotopic (exact) mass is 231 g/mol. The van der Waals surface area contributed by atoms with E-state index in [9.17, 15) is 0 Å². The van der Waals surface area contributed by atoms with Crippen molar-refractivity contribution in [3.63, 3.8) is 0 Å². The number of hydrogen-bond acceptors (Lipinski definition) is 2. The van der Waals surface area contributed by atoms with E-state index >= 15 is 0 Å². The molecule has 0 bridgehead atoms. The molecule has 0 saturated carbocycles. The largest absolute Gasteiger partial charge is 0.366 e. The van der Waals surface area contributed by atoms with Crippen LogP contribution in [0, 0.1) is 0 Å². The van der Waals surface area contributed by atoms with Crippen molar-refractivity contribution in [3.05, 3.63) is 35.9 Å². The molecule has 2 saturated heterocycles. The van der Waals surface area contributed by atoms with E-state index in [1.165, 1.54) is 5.56 Å². The van der Waals surface area contributed by atoms with Gasteiger partial charge < -0.3 is 4.74 Å². The lowest BCUT2D eigenvalue weighted by Crippen LogP contribution is -2.48. The highest BCUT2D eigenvalue weighted by molar-refractivity contribution is 5.19. The first-order chi connectivity index (χ1) is 8.05. The van der Waals surface area contributed by atoms with Crippen molar-refractivity contribution in [1.29, 1.82) is 0 Å². The molecular formula is C15H21NO. The number of benzene rings is 1. The molecule has 3 rings (SSSR count). The highest BCUT2D eigenvalue weighted by Crippen LogP contribution is 2.41. The number of rotatable bonds is 2. The van der Waals surface area contributed by atoms with Crippen LogP contribution in [0.4, 0.5) is 0 Å². The van der Waals surface area contributed by atoms with Gasteiger partial charge in [-0.1, -0.05) is 30.3 Å². The second-order valence-corrected chi connectivity index (χ2v) is 6.22. The number of likely N-dealkylation sites (tertiary alicyclic amines) is 1. The molecule has 0 spiro atoms. The highest BCUT2D eigenvalue weighted by Gasteiger charge is 2.56. The lowest BCUT2D eigenvalue weighted by Gasteiger charge is -2.38. The quantitative estimate of drug-likeness (QED) is 0.727. The number of nitrogens with zero attached hydrogens (tertiary/aromatic N) is 1. The van der Waals surface area contributed by atoms with E-state index in [1.807, 2.05) is 0 Å². The lowest BCUT2D eigenvalue weighted by atomic mass is 9.99. The Morgan fingerprint density at radius 3 is 2.59 bits per heavy atom. The molecule has 0 aliphatic carbocycles. The third-order valence-electron chi connectivity index (χ3n) is 3.93. The minimum absolute atomic E-state index is 0.246. The summed E-state index contributed by atoms with van der Waals surface area (Å²) < 4.78 is 5.72. The van der Waals surface area contributed by atoms with Crippen molar-refractivity contribution >= 4 is 0 Å². The molecule has 17 heavy (non-hydrogen) atoms. The minimum atomic E-state index is 0.246. The van der Waals surface area contributed by atoms with Crippen molar-refractivity contribution in [2.24, 2.45) is 0 Å². The summed E-state index contributed by atoms with van der Waals surface area (Å²) in [4.78, 5) is 2.61. The predicted molar refractivity (Wildman–Crippen MR) is 69.1 cm³/mol. The average Bonchev–Trinajstić information content (AvgIpc) is 2.95. The van der Waals surface area contributed by atoms with E-state index in [0.29, 0.717) is 18.2 Å². The van der Waals surface area contributed by atoms with Crippen LogP contribution in [-0.4, -0.2) is 35.2 Å². The second kappa shape index (κ2) is 3.82. The SMILES string of the molecule is CC(C)(C)N1C[C@H]2O[C@H]2[C@@H]1Cc1ccccc1. The number of fused-ring (bicyclic) bond motifs is 1. The van der Waals surface area contributed by atoms with Gasteiger partial charge in [0.15, 0.2) is 0 Å². The molecule has 0 aromatic heterocycles. The second-order valence-electron chi connectivity index (χ2n) is 6.22. The maximum Gasteiger partial charge on any atom is 0.101 e. The first-order valence-corrected chi connectivity index (χ1v) is 6.52. The maximum absolute atomic E-state index is 5.72. The van der Waals surface area contributed by atoms with E-state index in [1.54, 1.807) is 0 Å². The van der Waals surface area contributed by atoms with E-state index in [-0.39, 0.29) is 5.54 Å². The molecule has 0 N–H and O–H groups in total. The van der Waals surface area contributed by atoms with Gasteiger partial charge in [-0.05, 0) is 32.8 Å². The Bertz CT molecular complexity index is 395. The first-order valence-electron chi connectivity index (χ1n) is 6.52. The van der Waals surface area contributed by atoms with E-state index in [0.717, 1.165) is 13.0 Å². The van der Waals surface area contributed by atoms with Gasteiger partial charge in [0, 0.05) is 18.1 Å². The van der Waals surface area contributed by atoms with Crippen LogP contribution >= 0.6 is 0 Å². The molecular weight excluding hydrogens is 210 g/mol. The Hall–Kier alpha value is -0.860. The van der Waals surface area contributed by atoms with Gasteiger partial charge in [-0.25, -0.2) is 0 Å². The number of morpholine rings is 1. The van der Waals surface area contributed by atoms with Crippen molar-refractivity contribution in [2.45, 2.75) is 51.0 Å². The molecule has 2 heteroatoms. The number of hydrogen-bond donors (Lipinski definition) is 0. The van der Waals surface area contributed by atoms with Gasteiger partial charge in [0.2, 0.25) is 0 Å². The zero-order chi connectivity index (χ0) is 12.0. The summed E-state index contributed by atoms with van der Waals surface area (Å²) in [5.41, 5.74) is 1.67. The Morgan fingerprint density at radius 1 is 1.24 bits per heavy atom. The minimum Gasteiger partial charge on any atom is -0.366 e. The zero-order valence-electron chi connectivity index (χ0n) is 10.9. The highest BCUT2D eigenvalue weighted by atomic mass is 16.6. The summed E-state index contributed by atoms with van der Waals surface area (Å²) in [6.45, 7) is 8.01. The van der Waals surface area contributed by atoms with Crippen LogP contribution < -0.4 is 0 Å². The van der Waals surface area contributed by atoms with Crippen LogP contribution in [-0.2, 0) is 11.2 Å². The van der Waals surface area contributed by atoms with Crippen LogP contribution in [0.1, 0.15) is 26.3 Å². The van der Waals surface area contributed by atoms with Crippen LogP contribution in [0.2, 0.25) is 0 Å². The Balaban J connectivity index is 1.77. The molecule has 2 nitrogen and oxygen atoms in total. The van der Waals surface area contributed by atoms with Gasteiger partial charge in [0.25, 0.3) is 0 Å². The Kier molecular flexibility index (Phi) is 2.53. The zero-order valence-corrected chi connectivity index (χ0v) is 10.9. The molecule has 3 atom stereocenters. The molecule has 2 aliphatic rings. The molecule has 1 aromatic rings. The smallest absolute Gasteiger partial charge is 0.101 e. The van der Waals surface area contributed by atoms with Gasteiger partial charge in [-0.3, -0.25) is 4.90 Å². The number of epoxide rings is 1. The normalized spacial score (nSPS) is 32.5. The fraction of sp³-hybridized carbons (Fsp3) is 0.600. The average molecular weight is 231 g/mol. The van der Waals surface area contributed by atoms with Gasteiger partial charge >= 0.3 is 0 Å². The van der Waals surface area contributed by atoms with Crippen LogP contribution in [0.25, 0.3) is 0 Å². The molecule has 1 aromatic carbocycles. The van der Waals surface area contributed by atoms with Crippen LogP contribution in [0.15, 0.2) is 30.3 Å². The van der Waals surface area contributed by atoms with Crippen LogP contribution in [0.5, 0.6) is 0 Å². The maximum atomic E-state index is 5.72. The molecule has 0 radical (unpaired) electrons. The summed E-state index contributed by atoms with van der Waals surface area (Å²) in [6.07, 6.45) is 2.09. The third-order valence-corrected chi connectivity index (χ3v) is 3.93. The molecule has 0 amide bonds. The molecule has 0 unspecified atom stereocenters. The summed E-state index contributed by atoms with van der Waals surface area (Å²) in [6, 6.07) is 11.3. The standard InChI is InChI=1S/C15H21NO/c1-15(2,3)16-10-13-14(17-13)12(16)9-11-7-5-4-6-8-11/h4-8,12-14H,9-10H2,1-3H3/t12-,13+,14-/m0/s1. The summed E-state index contributed by atoms with van der Waals surface area (Å²) in [5.74, 6) is 0. The Labute approximate surface area is 104 Å². The van der Waals surface area contributed by atoms with Crippen molar-refractivity contribution < 1.29 is 4.74 Å². The van der Waals surface area contributed by atoms with Gasteiger partial charge in [-0.15, -0.1) is 0 Å². The summed E-state index contributed by atoms with van der Waals surface area (Å²) in [5, 5.41) is 0. The fourth-order valence-corrected chi connectivity index (χ4v) is 3.00. The van der Waals surface area contributed by atoms with Gasteiger partial charge in [0.05, 0.1) is 6.10 Å². The molecule has 2 heterocycles. The van der Waals surface area contributed by atoms with E-state index < -0.39 is 0 Å². The third kappa shape index (κ3) is 2.12. The topological polar surface area (TPSA) is 15.8 Å². The fourth-order valence-electron chi connectivity index (χ4n) is 3.00. The van der Waals surface area contributed by atoms with E-state index in [4.69, 9.17) is 4.74 Å². The van der Waals surface area contributed by atoms with Crippen molar-refractivity contribution in [1.82, 2.24) is 4.90 Å². The molecule has 92 valence electrons. The van der Waals surface area contributed by atoms with Crippen molar-refractivity contribution in [2.75, 3.05) is 6.54 Å². The first kappa shape index (κ1) is 11.2. The van der Waals surface area contributed by atoms with Crippen molar-refractivity contribution in [3.8, 4) is 0 Å². The van der Waals surface area contributed by atoms with Crippen LogP contribution in [0.3, 0.4) is 0 Å². The van der Waals surface area contributed by atoms with Gasteiger partial charge in [0.1, 0.15) is 6.10 Å². The summed E-state index contributed by atoms with van der Waals surface area (Å²) >= 11 is 0. The number of ether oxygens (including phenoxy) is 1. The lowest BCUT2D eigenvalue weighted by molar-refractivity contribution is 0.0585. The molecule has 2 fully saturated rings.